The van der Waals surface area contributed by atoms with Crippen molar-refractivity contribution >= 4 is 0 Å². The minimum absolute atomic E-state index is 0.0857. The standard InChI is InChI=1S/C15H27N3O2/c1-4-19-13(10(2)3)14-17-15(20-18-14)12-8-6-5-7-11(12)9-16/h10-13H,4-9,16H2,1-3H3. The van der Waals surface area contributed by atoms with Crippen molar-refractivity contribution in [3.63, 3.8) is 0 Å². The number of hydrogen-bond donors (Lipinski definition) is 1. The fourth-order valence-electron chi connectivity index (χ4n) is 3.07. The van der Waals surface area contributed by atoms with Gasteiger partial charge in [0.15, 0.2) is 0 Å². The summed E-state index contributed by atoms with van der Waals surface area (Å²) in [5.74, 6) is 2.56. The Morgan fingerprint density at radius 1 is 1.35 bits per heavy atom. The summed E-state index contributed by atoms with van der Waals surface area (Å²) in [6.45, 7) is 7.56. The van der Waals surface area contributed by atoms with Crippen LogP contribution in [-0.2, 0) is 4.74 Å². The first-order valence-corrected chi connectivity index (χ1v) is 7.82. The Bertz CT molecular complexity index is 406. The Morgan fingerprint density at radius 2 is 2.10 bits per heavy atom. The number of nitrogens with two attached hydrogens (primary N) is 1. The fourth-order valence-corrected chi connectivity index (χ4v) is 3.07. The topological polar surface area (TPSA) is 74.2 Å². The van der Waals surface area contributed by atoms with Gasteiger partial charge in [0.2, 0.25) is 11.7 Å². The number of hydrogen-bond acceptors (Lipinski definition) is 5. The van der Waals surface area contributed by atoms with Crippen molar-refractivity contribution in [2.75, 3.05) is 13.2 Å². The van der Waals surface area contributed by atoms with Crippen molar-refractivity contribution in [3.8, 4) is 0 Å². The maximum absolute atomic E-state index is 5.88. The van der Waals surface area contributed by atoms with E-state index in [-0.39, 0.29) is 6.10 Å². The highest BCUT2D eigenvalue weighted by Gasteiger charge is 2.31. The lowest BCUT2D eigenvalue weighted by atomic mass is 9.79. The van der Waals surface area contributed by atoms with Crippen molar-refractivity contribution in [1.82, 2.24) is 10.1 Å². The molecule has 1 aromatic rings. The molecule has 114 valence electrons. The maximum Gasteiger partial charge on any atom is 0.230 e. The van der Waals surface area contributed by atoms with Gasteiger partial charge in [-0.15, -0.1) is 0 Å². The summed E-state index contributed by atoms with van der Waals surface area (Å²) in [6, 6.07) is 0. The zero-order valence-corrected chi connectivity index (χ0v) is 12.8. The molecule has 1 fully saturated rings. The van der Waals surface area contributed by atoms with Crippen LogP contribution in [0.5, 0.6) is 0 Å². The molecule has 1 aliphatic rings. The molecule has 1 aromatic heterocycles. The van der Waals surface area contributed by atoms with Crippen LogP contribution in [0.3, 0.4) is 0 Å². The van der Waals surface area contributed by atoms with Crippen LogP contribution in [0.15, 0.2) is 4.52 Å². The predicted molar refractivity (Wildman–Crippen MR) is 77.3 cm³/mol. The fraction of sp³-hybridized carbons (Fsp3) is 0.867. The average Bonchev–Trinajstić information content (AvgIpc) is 2.93. The molecule has 2 N–H and O–H groups in total. The van der Waals surface area contributed by atoms with Gasteiger partial charge < -0.3 is 15.0 Å². The van der Waals surface area contributed by atoms with Crippen LogP contribution in [0.4, 0.5) is 0 Å². The van der Waals surface area contributed by atoms with Gasteiger partial charge in [0.1, 0.15) is 6.10 Å². The molecule has 5 nitrogen and oxygen atoms in total. The first-order valence-electron chi connectivity index (χ1n) is 7.82. The lowest BCUT2D eigenvalue weighted by molar-refractivity contribution is 0.0217. The Kier molecular flexibility index (Phi) is 5.54. The highest BCUT2D eigenvalue weighted by atomic mass is 16.5. The Labute approximate surface area is 121 Å². The molecule has 1 aliphatic carbocycles. The molecule has 0 radical (unpaired) electrons. The first-order chi connectivity index (χ1) is 9.67. The Morgan fingerprint density at radius 3 is 2.75 bits per heavy atom. The van der Waals surface area contributed by atoms with Crippen molar-refractivity contribution in [1.29, 1.82) is 0 Å². The molecule has 1 heterocycles. The molecular formula is C15H27N3O2. The summed E-state index contributed by atoms with van der Waals surface area (Å²) in [5.41, 5.74) is 5.88. The summed E-state index contributed by atoms with van der Waals surface area (Å²) in [7, 11) is 0. The van der Waals surface area contributed by atoms with Gasteiger partial charge in [-0.05, 0) is 38.1 Å². The minimum Gasteiger partial charge on any atom is -0.370 e. The summed E-state index contributed by atoms with van der Waals surface area (Å²) in [5, 5.41) is 4.15. The van der Waals surface area contributed by atoms with Gasteiger partial charge >= 0.3 is 0 Å². The molecule has 2 rings (SSSR count). The largest absolute Gasteiger partial charge is 0.370 e. The zero-order chi connectivity index (χ0) is 14.5. The molecule has 3 unspecified atom stereocenters. The molecule has 0 aliphatic heterocycles. The quantitative estimate of drug-likeness (QED) is 0.867. The SMILES string of the molecule is CCOC(c1noc(C2CCCCC2CN)n1)C(C)C. The molecular weight excluding hydrogens is 254 g/mol. The number of nitrogens with zero attached hydrogens (tertiary/aromatic N) is 2. The second-order valence-electron chi connectivity index (χ2n) is 6.00. The molecule has 5 heteroatoms. The smallest absolute Gasteiger partial charge is 0.230 e. The normalized spacial score (nSPS) is 25.1. The van der Waals surface area contributed by atoms with E-state index in [0.29, 0.717) is 36.7 Å². The van der Waals surface area contributed by atoms with E-state index >= 15 is 0 Å². The summed E-state index contributed by atoms with van der Waals surface area (Å²) < 4.78 is 11.3. The van der Waals surface area contributed by atoms with Gasteiger partial charge in [-0.3, -0.25) is 0 Å². The molecule has 0 spiro atoms. The highest BCUT2D eigenvalue weighted by Crippen LogP contribution is 2.37. The van der Waals surface area contributed by atoms with Gasteiger partial charge in [-0.25, -0.2) is 0 Å². The van der Waals surface area contributed by atoms with Crippen LogP contribution in [-0.4, -0.2) is 23.3 Å². The molecule has 3 atom stereocenters. The lowest BCUT2D eigenvalue weighted by Crippen LogP contribution is -2.25. The average molecular weight is 281 g/mol. The number of rotatable bonds is 6. The van der Waals surface area contributed by atoms with E-state index < -0.39 is 0 Å². The van der Waals surface area contributed by atoms with Crippen LogP contribution >= 0.6 is 0 Å². The predicted octanol–water partition coefficient (Wildman–Crippen LogP) is 3.04. The van der Waals surface area contributed by atoms with Gasteiger partial charge in [0, 0.05) is 12.5 Å². The van der Waals surface area contributed by atoms with Crippen molar-refractivity contribution < 1.29 is 9.26 Å². The van der Waals surface area contributed by atoms with E-state index in [1.54, 1.807) is 0 Å². The van der Waals surface area contributed by atoms with E-state index in [0.717, 1.165) is 18.7 Å². The number of ether oxygens (including phenoxy) is 1. The van der Waals surface area contributed by atoms with E-state index in [2.05, 4.69) is 24.0 Å². The Balaban J connectivity index is 2.14. The third kappa shape index (κ3) is 3.38. The Hall–Kier alpha value is -0.940. The zero-order valence-electron chi connectivity index (χ0n) is 12.8. The van der Waals surface area contributed by atoms with Gasteiger partial charge in [-0.2, -0.15) is 4.98 Å². The van der Waals surface area contributed by atoms with Crippen LogP contribution in [0.1, 0.15) is 70.2 Å². The van der Waals surface area contributed by atoms with E-state index in [1.165, 1.54) is 12.8 Å². The van der Waals surface area contributed by atoms with Gasteiger partial charge in [0.05, 0.1) is 0 Å². The van der Waals surface area contributed by atoms with Crippen molar-refractivity contribution in [2.24, 2.45) is 17.6 Å². The number of aromatic nitrogens is 2. The van der Waals surface area contributed by atoms with Gasteiger partial charge in [-0.1, -0.05) is 31.8 Å². The lowest BCUT2D eigenvalue weighted by Gasteiger charge is -2.27. The summed E-state index contributed by atoms with van der Waals surface area (Å²) >= 11 is 0. The third-order valence-corrected chi connectivity index (χ3v) is 4.19. The monoisotopic (exact) mass is 281 g/mol. The van der Waals surface area contributed by atoms with Crippen LogP contribution in [0.2, 0.25) is 0 Å². The molecule has 1 saturated carbocycles. The maximum atomic E-state index is 5.88. The van der Waals surface area contributed by atoms with Crippen molar-refractivity contribution in [2.45, 2.75) is 58.5 Å². The second-order valence-corrected chi connectivity index (χ2v) is 6.00. The second kappa shape index (κ2) is 7.18. The van der Waals surface area contributed by atoms with Crippen LogP contribution in [0, 0.1) is 11.8 Å². The minimum atomic E-state index is -0.0857. The van der Waals surface area contributed by atoms with E-state index in [4.69, 9.17) is 15.0 Å². The van der Waals surface area contributed by atoms with Crippen LogP contribution in [0.25, 0.3) is 0 Å². The van der Waals surface area contributed by atoms with Gasteiger partial charge in [0.25, 0.3) is 0 Å². The first kappa shape index (κ1) is 15.4. The molecule has 0 saturated heterocycles. The third-order valence-electron chi connectivity index (χ3n) is 4.19. The molecule has 0 amide bonds. The van der Waals surface area contributed by atoms with Crippen LogP contribution < -0.4 is 5.73 Å². The summed E-state index contributed by atoms with van der Waals surface area (Å²) in [6.07, 6.45) is 4.66. The van der Waals surface area contributed by atoms with E-state index in [9.17, 15) is 0 Å². The molecule has 0 bridgehead atoms. The molecule has 20 heavy (non-hydrogen) atoms. The molecule has 0 aromatic carbocycles. The van der Waals surface area contributed by atoms with E-state index in [1.807, 2.05) is 6.92 Å². The summed E-state index contributed by atoms with van der Waals surface area (Å²) in [4.78, 5) is 4.61. The highest BCUT2D eigenvalue weighted by molar-refractivity contribution is 5.01. The van der Waals surface area contributed by atoms with Crippen molar-refractivity contribution in [3.05, 3.63) is 11.7 Å².